The van der Waals surface area contributed by atoms with E-state index in [2.05, 4.69) is 10.3 Å². The van der Waals surface area contributed by atoms with Gasteiger partial charge in [-0.25, -0.2) is 9.78 Å². The zero-order valence-electron chi connectivity index (χ0n) is 10.6. The molecule has 0 saturated heterocycles. The molecule has 0 bridgehead atoms. The molecule has 5 nitrogen and oxygen atoms in total. The Morgan fingerprint density at radius 2 is 2.12 bits per heavy atom. The van der Waals surface area contributed by atoms with Gasteiger partial charge in [0.05, 0.1) is 7.11 Å². The molecule has 0 fully saturated rings. The molecule has 0 radical (unpaired) electrons. The van der Waals surface area contributed by atoms with Crippen LogP contribution in [-0.2, 0) is 11.3 Å². The number of carbonyl (C=O) groups excluding carboxylic acids is 1. The van der Waals surface area contributed by atoms with Crippen LogP contribution in [0.1, 0.15) is 26.3 Å². The third-order valence-electron chi connectivity index (χ3n) is 1.85. The molecule has 0 aromatic carbocycles. The number of hydrogen-bond donors (Lipinski definition) is 1. The van der Waals surface area contributed by atoms with Crippen molar-refractivity contribution in [2.45, 2.75) is 32.9 Å². The molecule has 1 amide bonds. The topological polar surface area (TPSA) is 60.5 Å². The molecule has 0 unspecified atom stereocenters. The molecule has 0 aliphatic rings. The number of carbonyl (C=O) groups is 1. The smallest absolute Gasteiger partial charge is 0.407 e. The van der Waals surface area contributed by atoms with Crippen molar-refractivity contribution in [3.63, 3.8) is 0 Å². The summed E-state index contributed by atoms with van der Waals surface area (Å²) in [6.07, 6.45) is 1.18. The summed E-state index contributed by atoms with van der Waals surface area (Å²) < 4.78 is 9.98. The lowest BCUT2D eigenvalue weighted by Crippen LogP contribution is -2.40. The minimum Gasteiger partial charge on any atom is -0.481 e. The fourth-order valence-corrected chi connectivity index (χ4v) is 1.11. The van der Waals surface area contributed by atoms with Crippen molar-refractivity contribution < 1.29 is 14.3 Å². The van der Waals surface area contributed by atoms with E-state index in [1.54, 1.807) is 25.4 Å². The molecule has 0 saturated carbocycles. The first kappa shape index (κ1) is 13.3. The van der Waals surface area contributed by atoms with Gasteiger partial charge in [0.15, 0.2) is 0 Å². The highest BCUT2D eigenvalue weighted by Crippen LogP contribution is 2.08. The van der Waals surface area contributed by atoms with Crippen LogP contribution in [0.2, 0.25) is 0 Å². The largest absolute Gasteiger partial charge is 0.481 e. The highest BCUT2D eigenvalue weighted by molar-refractivity contribution is 5.68. The first-order valence-corrected chi connectivity index (χ1v) is 5.34. The van der Waals surface area contributed by atoms with Crippen LogP contribution in [0, 0.1) is 0 Å². The summed E-state index contributed by atoms with van der Waals surface area (Å²) in [6, 6.07) is 3.52. The Bertz CT molecular complexity index is 368. The summed E-state index contributed by atoms with van der Waals surface area (Å²) in [6.45, 7) is 5.87. The maximum atomic E-state index is 11.4. The molecule has 94 valence electrons. The van der Waals surface area contributed by atoms with Gasteiger partial charge < -0.3 is 14.8 Å². The van der Waals surface area contributed by atoms with E-state index in [0.717, 1.165) is 5.56 Å². The number of aromatic nitrogens is 1. The van der Waals surface area contributed by atoms with E-state index >= 15 is 0 Å². The van der Waals surface area contributed by atoms with Crippen LogP contribution < -0.4 is 10.1 Å². The Morgan fingerprint density at radius 1 is 1.41 bits per heavy atom. The predicted molar refractivity (Wildman–Crippen MR) is 63.9 cm³/mol. The quantitative estimate of drug-likeness (QED) is 0.876. The Labute approximate surface area is 101 Å². The molecular weight excluding hydrogens is 220 g/mol. The molecule has 17 heavy (non-hydrogen) atoms. The molecule has 0 aliphatic heterocycles. The van der Waals surface area contributed by atoms with E-state index in [1.807, 2.05) is 20.8 Å². The summed E-state index contributed by atoms with van der Waals surface area (Å²) in [5.74, 6) is 0.535. The maximum Gasteiger partial charge on any atom is 0.407 e. The van der Waals surface area contributed by atoms with Crippen LogP contribution in [0.4, 0.5) is 4.79 Å². The highest BCUT2D eigenvalue weighted by atomic mass is 16.5. The summed E-state index contributed by atoms with van der Waals surface area (Å²) in [4.78, 5) is 15.4. The van der Waals surface area contributed by atoms with Crippen molar-refractivity contribution >= 4 is 6.09 Å². The Morgan fingerprint density at radius 3 is 2.59 bits per heavy atom. The highest BCUT2D eigenvalue weighted by Gasteiger charge is 2.14. The van der Waals surface area contributed by atoms with Crippen LogP contribution in [-0.4, -0.2) is 23.7 Å². The van der Waals surface area contributed by atoms with E-state index in [0.29, 0.717) is 5.88 Å². The minimum absolute atomic E-state index is 0.193. The van der Waals surface area contributed by atoms with Crippen LogP contribution in [0.25, 0.3) is 0 Å². The maximum absolute atomic E-state index is 11.4. The average molecular weight is 238 g/mol. The fraction of sp³-hybridized carbons (Fsp3) is 0.500. The first-order chi connectivity index (χ1) is 7.90. The number of alkyl carbamates (subject to hydrolysis) is 1. The number of methoxy groups -OCH3 is 1. The number of pyridine rings is 1. The average Bonchev–Trinajstić information content (AvgIpc) is 2.25. The van der Waals surface area contributed by atoms with Gasteiger partial charge >= 0.3 is 6.09 Å². The zero-order valence-corrected chi connectivity index (χ0v) is 10.6. The van der Waals surface area contributed by atoms with Gasteiger partial charge in [-0.15, -0.1) is 0 Å². The molecule has 0 spiro atoms. The van der Waals surface area contributed by atoms with Gasteiger partial charge in [-0.1, -0.05) is 0 Å². The zero-order chi connectivity index (χ0) is 12.9. The third kappa shape index (κ3) is 5.19. The second-order valence-electron chi connectivity index (χ2n) is 4.66. The molecule has 1 rings (SSSR count). The van der Waals surface area contributed by atoms with Crippen molar-refractivity contribution in [2.75, 3.05) is 7.11 Å². The van der Waals surface area contributed by atoms with Gasteiger partial charge in [-0.3, -0.25) is 0 Å². The number of amides is 1. The van der Waals surface area contributed by atoms with Gasteiger partial charge in [0.2, 0.25) is 5.88 Å². The van der Waals surface area contributed by atoms with Gasteiger partial charge in [0, 0.05) is 23.4 Å². The van der Waals surface area contributed by atoms with Gasteiger partial charge in [-0.2, -0.15) is 0 Å². The van der Waals surface area contributed by atoms with Crippen molar-refractivity contribution in [3.8, 4) is 5.88 Å². The number of hydrogen-bond acceptors (Lipinski definition) is 4. The fourth-order valence-electron chi connectivity index (χ4n) is 1.11. The number of ether oxygens (including phenoxy) is 2. The lowest BCUT2D eigenvalue weighted by molar-refractivity contribution is 0.131. The summed E-state index contributed by atoms with van der Waals surface area (Å²) in [5, 5.41) is 2.71. The first-order valence-electron chi connectivity index (χ1n) is 5.34. The van der Waals surface area contributed by atoms with Crippen LogP contribution in [0.3, 0.4) is 0 Å². The van der Waals surface area contributed by atoms with E-state index < -0.39 is 6.09 Å². The summed E-state index contributed by atoms with van der Waals surface area (Å²) in [5.41, 5.74) is 0.518. The molecule has 0 atom stereocenters. The Kier molecular flexibility index (Phi) is 4.31. The number of nitrogens with zero attached hydrogens (tertiary/aromatic N) is 1. The molecular formula is C12H18N2O3. The second-order valence-corrected chi connectivity index (χ2v) is 4.66. The molecule has 1 aromatic heterocycles. The lowest BCUT2D eigenvalue weighted by atomic mass is 10.1. The molecule has 1 N–H and O–H groups in total. The SMILES string of the molecule is COc1ccc(COC(=O)NC(C)(C)C)cn1. The second kappa shape index (κ2) is 5.52. The molecule has 0 aliphatic carbocycles. The van der Waals surface area contributed by atoms with E-state index in [4.69, 9.17) is 9.47 Å². The Hall–Kier alpha value is -1.78. The summed E-state index contributed by atoms with van der Waals surface area (Å²) in [7, 11) is 1.55. The van der Waals surface area contributed by atoms with Crippen molar-refractivity contribution in [2.24, 2.45) is 0 Å². The van der Waals surface area contributed by atoms with E-state index in [9.17, 15) is 4.79 Å². The van der Waals surface area contributed by atoms with Crippen LogP contribution >= 0.6 is 0 Å². The molecule has 5 heteroatoms. The number of nitrogens with one attached hydrogen (secondary N) is 1. The predicted octanol–water partition coefficient (Wildman–Crippen LogP) is 2.11. The van der Waals surface area contributed by atoms with Crippen molar-refractivity contribution in [1.29, 1.82) is 0 Å². The third-order valence-corrected chi connectivity index (χ3v) is 1.85. The number of rotatable bonds is 3. The minimum atomic E-state index is -0.437. The monoisotopic (exact) mass is 238 g/mol. The van der Waals surface area contributed by atoms with Crippen LogP contribution in [0.5, 0.6) is 5.88 Å². The van der Waals surface area contributed by atoms with Gasteiger partial charge in [0.1, 0.15) is 6.61 Å². The van der Waals surface area contributed by atoms with Crippen molar-refractivity contribution in [1.82, 2.24) is 10.3 Å². The van der Waals surface area contributed by atoms with Crippen LogP contribution in [0.15, 0.2) is 18.3 Å². The Balaban J connectivity index is 2.42. The van der Waals surface area contributed by atoms with Gasteiger partial charge in [-0.05, 0) is 26.8 Å². The lowest BCUT2D eigenvalue weighted by Gasteiger charge is -2.19. The summed E-state index contributed by atoms with van der Waals surface area (Å²) >= 11 is 0. The standard InChI is InChI=1S/C12H18N2O3/c1-12(2,3)14-11(15)17-8-9-5-6-10(16-4)13-7-9/h5-7H,8H2,1-4H3,(H,14,15). The molecule has 1 aromatic rings. The van der Waals surface area contributed by atoms with E-state index in [1.165, 1.54) is 0 Å². The molecule has 1 heterocycles. The van der Waals surface area contributed by atoms with Gasteiger partial charge in [0.25, 0.3) is 0 Å². The van der Waals surface area contributed by atoms with Crippen molar-refractivity contribution in [3.05, 3.63) is 23.9 Å². The normalized spacial score (nSPS) is 10.8. The van der Waals surface area contributed by atoms with E-state index in [-0.39, 0.29) is 12.1 Å².